The van der Waals surface area contributed by atoms with Crippen LogP contribution in [0.2, 0.25) is 5.02 Å². The van der Waals surface area contributed by atoms with E-state index in [1.165, 1.54) is 11.4 Å². The molecule has 10 heteroatoms. The lowest BCUT2D eigenvalue weighted by molar-refractivity contribution is 0.0955. The molecule has 0 atom stereocenters. The molecule has 0 unspecified atom stereocenters. The Balaban J connectivity index is 1.71. The molecule has 0 heterocycles. The lowest BCUT2D eigenvalue weighted by atomic mass is 10.1. The lowest BCUT2D eigenvalue weighted by Gasteiger charge is -2.26. The van der Waals surface area contributed by atoms with Crippen LogP contribution >= 0.6 is 11.6 Å². The lowest BCUT2D eigenvalue weighted by Crippen LogP contribution is -2.33. The van der Waals surface area contributed by atoms with Gasteiger partial charge in [-0.25, -0.2) is 13.8 Å². The van der Waals surface area contributed by atoms with Crippen LogP contribution in [-0.4, -0.2) is 34.3 Å². The minimum atomic E-state index is -4.07. The highest BCUT2D eigenvalue weighted by molar-refractivity contribution is 7.92. The zero-order chi connectivity index (χ0) is 29.6. The number of hydrazone groups is 1. The molecule has 0 saturated heterocycles. The topological polar surface area (TPSA) is 97.3 Å². The molecule has 0 aliphatic heterocycles. The number of hydrogen-bond donors (Lipinski definition) is 1. The van der Waals surface area contributed by atoms with E-state index in [-0.39, 0.29) is 22.7 Å². The van der Waals surface area contributed by atoms with Crippen LogP contribution in [0.1, 0.15) is 34.0 Å². The second kappa shape index (κ2) is 12.9. The average Bonchev–Trinajstić information content (AvgIpc) is 2.99. The maximum absolute atomic E-state index is 14.0. The van der Waals surface area contributed by atoms with Crippen molar-refractivity contribution >= 4 is 38.9 Å². The summed E-state index contributed by atoms with van der Waals surface area (Å²) in [6, 6.07) is 25.3. The zero-order valence-electron chi connectivity index (χ0n) is 23.1. The van der Waals surface area contributed by atoms with Gasteiger partial charge in [0.1, 0.15) is 0 Å². The van der Waals surface area contributed by atoms with Gasteiger partial charge in [0.05, 0.1) is 42.6 Å². The Morgan fingerprint density at radius 2 is 1.56 bits per heavy atom. The van der Waals surface area contributed by atoms with Gasteiger partial charge in [0.25, 0.3) is 15.9 Å². The summed E-state index contributed by atoms with van der Waals surface area (Å²) in [5, 5.41) is 4.80. The van der Waals surface area contributed by atoms with Crippen molar-refractivity contribution in [2.45, 2.75) is 25.3 Å². The van der Waals surface area contributed by atoms with E-state index < -0.39 is 15.9 Å². The SMILES string of the molecule is COc1ccc(/C(C)=N\NC(=O)c2ccccc2N(Cc2ccc(Cl)cc2)S(=O)(=O)c2ccc(C)cc2)cc1OC. The summed E-state index contributed by atoms with van der Waals surface area (Å²) in [5.41, 5.74) is 5.76. The van der Waals surface area contributed by atoms with Gasteiger partial charge in [-0.2, -0.15) is 5.10 Å². The first kappa shape index (κ1) is 29.6. The molecule has 0 aromatic heterocycles. The molecule has 212 valence electrons. The maximum Gasteiger partial charge on any atom is 0.273 e. The molecule has 0 fully saturated rings. The number of benzene rings is 4. The maximum atomic E-state index is 14.0. The number of methoxy groups -OCH3 is 2. The number of halogens is 1. The molecular weight excluding hydrogens is 562 g/mol. The van der Waals surface area contributed by atoms with Gasteiger partial charge in [0.2, 0.25) is 0 Å². The number of amides is 1. The number of nitrogens with one attached hydrogen (secondary N) is 1. The van der Waals surface area contributed by atoms with E-state index >= 15 is 0 Å². The number of carbonyl (C=O) groups is 1. The zero-order valence-corrected chi connectivity index (χ0v) is 24.7. The van der Waals surface area contributed by atoms with Crippen molar-refractivity contribution in [3.63, 3.8) is 0 Å². The normalized spacial score (nSPS) is 11.6. The standard InChI is InChI=1S/C31H30ClN3O5S/c1-21-9-16-26(17-10-21)41(37,38)35(20-23-11-14-25(32)15-12-23)28-8-6-5-7-27(28)31(36)34-33-22(2)24-13-18-29(39-3)30(19-24)40-4/h5-19H,20H2,1-4H3,(H,34,36)/b33-22-. The van der Waals surface area contributed by atoms with Crippen molar-refractivity contribution < 1.29 is 22.7 Å². The Labute approximate surface area is 245 Å². The number of aryl methyl sites for hydroxylation is 1. The van der Waals surface area contributed by atoms with E-state index in [1.54, 1.807) is 105 Å². The summed E-state index contributed by atoms with van der Waals surface area (Å²) in [4.78, 5) is 13.5. The Hall–Kier alpha value is -4.34. The van der Waals surface area contributed by atoms with Gasteiger partial charge in [-0.15, -0.1) is 0 Å². The number of ether oxygens (including phenoxy) is 2. The third kappa shape index (κ3) is 6.87. The summed E-state index contributed by atoms with van der Waals surface area (Å²) >= 11 is 6.06. The number of nitrogens with zero attached hydrogens (tertiary/aromatic N) is 2. The van der Waals surface area contributed by atoms with E-state index in [1.807, 2.05) is 6.92 Å². The van der Waals surface area contributed by atoms with Gasteiger partial charge >= 0.3 is 0 Å². The first-order chi connectivity index (χ1) is 19.6. The smallest absolute Gasteiger partial charge is 0.273 e. The van der Waals surface area contributed by atoms with Crippen molar-refractivity contribution in [2.75, 3.05) is 18.5 Å². The highest BCUT2D eigenvalue weighted by atomic mass is 35.5. The van der Waals surface area contributed by atoms with Crippen LogP contribution in [0, 0.1) is 6.92 Å². The quantitative estimate of drug-likeness (QED) is 0.175. The third-order valence-corrected chi connectivity index (χ3v) is 8.42. The van der Waals surface area contributed by atoms with Crippen LogP contribution in [0.3, 0.4) is 0 Å². The van der Waals surface area contributed by atoms with E-state index in [0.29, 0.717) is 33.4 Å². The van der Waals surface area contributed by atoms with E-state index in [0.717, 1.165) is 5.56 Å². The first-order valence-corrected chi connectivity index (χ1v) is 14.5. The number of anilines is 1. The minimum Gasteiger partial charge on any atom is -0.493 e. The Bertz CT molecular complexity index is 1670. The molecule has 0 radical (unpaired) electrons. The summed E-state index contributed by atoms with van der Waals surface area (Å²) in [6.07, 6.45) is 0. The molecule has 0 bridgehead atoms. The van der Waals surface area contributed by atoms with Crippen LogP contribution in [0.5, 0.6) is 11.5 Å². The number of hydrogen-bond acceptors (Lipinski definition) is 6. The first-order valence-electron chi connectivity index (χ1n) is 12.6. The fraction of sp³-hybridized carbons (Fsp3) is 0.161. The second-order valence-corrected chi connectivity index (χ2v) is 11.5. The van der Waals surface area contributed by atoms with Crippen molar-refractivity contribution in [2.24, 2.45) is 5.10 Å². The highest BCUT2D eigenvalue weighted by Crippen LogP contribution is 2.30. The summed E-state index contributed by atoms with van der Waals surface area (Å²) in [5.74, 6) is 0.522. The summed E-state index contributed by atoms with van der Waals surface area (Å²) in [7, 11) is -0.983. The molecule has 1 amide bonds. The molecule has 4 aromatic rings. The molecule has 8 nitrogen and oxygen atoms in total. The van der Waals surface area contributed by atoms with Crippen LogP contribution < -0.4 is 19.2 Å². The van der Waals surface area contributed by atoms with Crippen molar-refractivity contribution in [3.05, 3.63) is 118 Å². The van der Waals surface area contributed by atoms with Gasteiger partial charge in [0, 0.05) is 10.6 Å². The number of para-hydroxylation sites is 1. The van der Waals surface area contributed by atoms with Crippen LogP contribution in [0.15, 0.2) is 101 Å². The van der Waals surface area contributed by atoms with Crippen molar-refractivity contribution in [1.82, 2.24) is 5.43 Å². The average molecular weight is 592 g/mol. The molecule has 0 aliphatic carbocycles. The van der Waals surface area contributed by atoms with Crippen molar-refractivity contribution in [1.29, 1.82) is 0 Å². The molecule has 4 aromatic carbocycles. The molecule has 0 saturated carbocycles. The van der Waals surface area contributed by atoms with Gasteiger partial charge < -0.3 is 9.47 Å². The molecule has 0 spiro atoms. The van der Waals surface area contributed by atoms with Crippen molar-refractivity contribution in [3.8, 4) is 11.5 Å². The van der Waals surface area contributed by atoms with Crippen LogP contribution in [-0.2, 0) is 16.6 Å². The third-order valence-electron chi connectivity index (χ3n) is 6.39. The second-order valence-electron chi connectivity index (χ2n) is 9.18. The number of carbonyl (C=O) groups excluding carboxylic acids is 1. The Kier molecular flexibility index (Phi) is 9.31. The van der Waals surface area contributed by atoms with Gasteiger partial charge in [-0.3, -0.25) is 9.10 Å². The van der Waals surface area contributed by atoms with E-state index in [4.69, 9.17) is 21.1 Å². The number of rotatable bonds is 10. The fourth-order valence-corrected chi connectivity index (χ4v) is 5.69. The Morgan fingerprint density at radius 3 is 2.22 bits per heavy atom. The number of sulfonamides is 1. The molecule has 0 aliphatic rings. The van der Waals surface area contributed by atoms with Gasteiger partial charge in [0.15, 0.2) is 11.5 Å². The molecule has 1 N–H and O–H groups in total. The molecule has 4 rings (SSSR count). The van der Waals surface area contributed by atoms with Crippen LogP contribution in [0.4, 0.5) is 5.69 Å². The minimum absolute atomic E-state index is 0.0222. The predicted octanol–water partition coefficient (Wildman–Crippen LogP) is 6.22. The highest BCUT2D eigenvalue weighted by Gasteiger charge is 2.28. The van der Waals surface area contributed by atoms with Gasteiger partial charge in [-0.05, 0) is 74.0 Å². The monoisotopic (exact) mass is 591 g/mol. The summed E-state index contributed by atoms with van der Waals surface area (Å²) < 4.78 is 39.8. The summed E-state index contributed by atoms with van der Waals surface area (Å²) in [6.45, 7) is 3.60. The van der Waals surface area contributed by atoms with Crippen LogP contribution in [0.25, 0.3) is 0 Å². The fourth-order valence-electron chi connectivity index (χ4n) is 4.10. The molecular formula is C31H30ClN3O5S. The Morgan fingerprint density at radius 1 is 0.902 bits per heavy atom. The predicted molar refractivity (Wildman–Crippen MR) is 162 cm³/mol. The molecule has 41 heavy (non-hydrogen) atoms. The largest absolute Gasteiger partial charge is 0.493 e. The van der Waals surface area contributed by atoms with Gasteiger partial charge in [-0.1, -0.05) is 53.6 Å². The van der Waals surface area contributed by atoms with E-state index in [2.05, 4.69) is 10.5 Å². The van der Waals surface area contributed by atoms with E-state index in [9.17, 15) is 13.2 Å².